The number of carbonyl (C=O) groups is 1. The van der Waals surface area contributed by atoms with E-state index in [-0.39, 0.29) is 12.1 Å². The molecule has 1 aliphatic rings. The highest BCUT2D eigenvalue weighted by molar-refractivity contribution is 5.99. The van der Waals surface area contributed by atoms with Gasteiger partial charge in [-0.05, 0) is 50.8 Å². The van der Waals surface area contributed by atoms with Crippen molar-refractivity contribution in [2.75, 3.05) is 0 Å². The fourth-order valence-electron chi connectivity index (χ4n) is 2.92. The number of aryl methyl sites for hydroxylation is 2. The number of oxime groups is 1. The lowest BCUT2D eigenvalue weighted by Crippen LogP contribution is -2.18. The summed E-state index contributed by atoms with van der Waals surface area (Å²) in [5.41, 5.74) is 3.88. The number of carbonyl (C=O) groups excluding carboxylic acids is 1. The Bertz CT molecular complexity index is 686. The van der Waals surface area contributed by atoms with Gasteiger partial charge in [-0.1, -0.05) is 41.1 Å². The van der Waals surface area contributed by atoms with E-state index in [4.69, 9.17) is 4.74 Å². The molecule has 1 aromatic carbocycles. The van der Waals surface area contributed by atoms with Gasteiger partial charge in [-0.15, -0.1) is 0 Å². The maximum atomic E-state index is 12.6. The van der Waals surface area contributed by atoms with Crippen LogP contribution in [0.1, 0.15) is 53.2 Å². The van der Waals surface area contributed by atoms with Gasteiger partial charge in [0.25, 0.3) is 0 Å². The molecule has 0 amide bonds. The van der Waals surface area contributed by atoms with Crippen molar-refractivity contribution in [2.24, 2.45) is 5.16 Å². The number of allylic oxidation sites excluding steroid dienone is 3. The second-order valence-electron chi connectivity index (χ2n) is 6.29. The Labute approximate surface area is 143 Å². The number of fused-ring (bicyclic) bond motifs is 1. The van der Waals surface area contributed by atoms with E-state index in [1.165, 1.54) is 0 Å². The van der Waals surface area contributed by atoms with Crippen molar-refractivity contribution in [1.29, 1.82) is 0 Å². The van der Waals surface area contributed by atoms with Crippen molar-refractivity contribution in [3.63, 3.8) is 0 Å². The first kappa shape index (κ1) is 18.0. The zero-order chi connectivity index (χ0) is 17.5. The Morgan fingerprint density at radius 1 is 1.17 bits per heavy atom. The summed E-state index contributed by atoms with van der Waals surface area (Å²) >= 11 is 0. The third-order valence-corrected chi connectivity index (χ3v) is 4.02. The summed E-state index contributed by atoms with van der Waals surface area (Å²) in [6.07, 6.45) is 10.6. The first-order chi connectivity index (χ1) is 11.5. The maximum absolute atomic E-state index is 12.6. The molecule has 2 rings (SSSR count). The fraction of sp³-hybridized carbons (Fsp3) is 0.400. The van der Waals surface area contributed by atoms with Gasteiger partial charge in [-0.25, -0.2) is 4.79 Å². The molecule has 24 heavy (non-hydrogen) atoms. The molecule has 1 atom stereocenters. The average molecular weight is 327 g/mol. The van der Waals surface area contributed by atoms with Crippen molar-refractivity contribution < 1.29 is 14.7 Å². The molecule has 0 aliphatic carbocycles. The number of nitrogens with zero attached hydrogens (tertiary/aromatic N) is 1. The minimum absolute atomic E-state index is 0.174. The van der Waals surface area contributed by atoms with Crippen molar-refractivity contribution in [3.8, 4) is 0 Å². The number of hydrogen-bond acceptors (Lipinski definition) is 4. The highest BCUT2D eigenvalue weighted by atomic mass is 16.5. The summed E-state index contributed by atoms with van der Waals surface area (Å²) < 4.78 is 5.60. The summed E-state index contributed by atoms with van der Waals surface area (Å²) in [5, 5.41) is 12.7. The highest BCUT2D eigenvalue weighted by Gasteiger charge is 2.19. The number of benzene rings is 1. The van der Waals surface area contributed by atoms with Crippen LogP contribution in [0.3, 0.4) is 0 Å². The van der Waals surface area contributed by atoms with E-state index in [2.05, 4.69) is 11.2 Å². The minimum Gasteiger partial charge on any atom is -0.459 e. The van der Waals surface area contributed by atoms with Crippen molar-refractivity contribution in [1.82, 2.24) is 0 Å². The Morgan fingerprint density at radius 3 is 2.67 bits per heavy atom. The molecule has 0 bridgehead atoms. The van der Waals surface area contributed by atoms with E-state index >= 15 is 0 Å². The molecular weight excluding hydrogens is 302 g/mol. The van der Waals surface area contributed by atoms with Crippen LogP contribution < -0.4 is 0 Å². The molecule has 0 saturated heterocycles. The van der Waals surface area contributed by atoms with Crippen molar-refractivity contribution >= 4 is 11.7 Å². The fourth-order valence-corrected chi connectivity index (χ4v) is 2.92. The van der Waals surface area contributed by atoms with Gasteiger partial charge in [0, 0.05) is 12.8 Å². The van der Waals surface area contributed by atoms with Crippen LogP contribution in [-0.4, -0.2) is 23.0 Å². The Kier molecular flexibility index (Phi) is 6.36. The molecule has 1 aromatic rings. The zero-order valence-electron chi connectivity index (χ0n) is 14.6. The largest absolute Gasteiger partial charge is 0.459 e. The van der Waals surface area contributed by atoms with Crippen LogP contribution in [0.25, 0.3) is 0 Å². The Balaban J connectivity index is 2.45. The summed E-state index contributed by atoms with van der Waals surface area (Å²) in [5.74, 6) is -0.318. The van der Waals surface area contributed by atoms with Gasteiger partial charge >= 0.3 is 5.97 Å². The molecule has 0 aromatic heterocycles. The Hall–Kier alpha value is -2.36. The van der Waals surface area contributed by atoms with Gasteiger partial charge in [0.05, 0.1) is 11.3 Å². The Morgan fingerprint density at radius 2 is 1.92 bits per heavy atom. The third-order valence-electron chi connectivity index (χ3n) is 4.02. The van der Waals surface area contributed by atoms with E-state index in [0.29, 0.717) is 24.1 Å². The number of hydrogen-bond donors (Lipinski definition) is 1. The standard InChI is InChI=1S/C20H25NO3/c1-14-11-15(2)19-17(12-14)13-18(21-23)10-8-6-4-5-7-9-16(3)24-20(19)22/h5,7-8,10-12,16,23H,4,6,9,13H2,1-3H3/b7-5+,10-8+,21-18+. The zero-order valence-corrected chi connectivity index (χ0v) is 14.6. The molecule has 0 spiro atoms. The predicted octanol–water partition coefficient (Wildman–Crippen LogP) is 4.52. The van der Waals surface area contributed by atoms with Crippen molar-refractivity contribution in [3.05, 3.63) is 58.7 Å². The molecule has 0 fully saturated rings. The predicted molar refractivity (Wildman–Crippen MR) is 95.9 cm³/mol. The number of rotatable bonds is 0. The van der Waals surface area contributed by atoms with Gasteiger partial charge < -0.3 is 9.94 Å². The molecule has 4 heteroatoms. The van der Waals surface area contributed by atoms with E-state index in [1.807, 2.05) is 51.1 Å². The number of ether oxygens (including phenoxy) is 1. The molecular formula is C20H25NO3. The topological polar surface area (TPSA) is 58.9 Å². The van der Waals surface area contributed by atoms with Gasteiger partial charge in [0.2, 0.25) is 0 Å². The SMILES string of the molecule is Cc1cc(C)c2c(c1)CC(=N/O)/C=C/CC/C=C/CC(C)OC2=O. The van der Waals surface area contributed by atoms with E-state index in [0.717, 1.165) is 29.5 Å². The second-order valence-corrected chi connectivity index (χ2v) is 6.29. The van der Waals surface area contributed by atoms with E-state index in [9.17, 15) is 10.0 Å². The molecule has 1 unspecified atom stereocenters. The molecule has 1 N–H and O–H groups in total. The van der Waals surface area contributed by atoms with E-state index < -0.39 is 0 Å². The van der Waals surface area contributed by atoms with Crippen LogP contribution in [0.5, 0.6) is 0 Å². The van der Waals surface area contributed by atoms with Gasteiger partial charge in [-0.3, -0.25) is 0 Å². The minimum atomic E-state index is -0.318. The van der Waals surface area contributed by atoms with Crippen LogP contribution in [0.4, 0.5) is 0 Å². The lowest BCUT2D eigenvalue weighted by atomic mass is 9.95. The van der Waals surface area contributed by atoms with Crippen LogP contribution in [0.15, 0.2) is 41.6 Å². The van der Waals surface area contributed by atoms with Crippen LogP contribution in [0.2, 0.25) is 0 Å². The number of esters is 1. The maximum Gasteiger partial charge on any atom is 0.338 e. The smallest absolute Gasteiger partial charge is 0.338 e. The molecule has 128 valence electrons. The molecule has 1 heterocycles. The summed E-state index contributed by atoms with van der Waals surface area (Å²) in [6, 6.07) is 3.93. The van der Waals surface area contributed by atoms with Gasteiger partial charge in [0.15, 0.2) is 0 Å². The van der Waals surface area contributed by atoms with Gasteiger partial charge in [0.1, 0.15) is 6.10 Å². The third kappa shape index (κ3) is 4.82. The number of cyclic esters (lactones) is 1. The second kappa shape index (κ2) is 8.48. The van der Waals surface area contributed by atoms with E-state index in [1.54, 1.807) is 0 Å². The quantitative estimate of drug-likeness (QED) is 0.330. The molecule has 1 aliphatic heterocycles. The van der Waals surface area contributed by atoms with Crippen LogP contribution in [0, 0.1) is 13.8 Å². The van der Waals surface area contributed by atoms with Gasteiger partial charge in [-0.2, -0.15) is 0 Å². The van der Waals surface area contributed by atoms with Crippen LogP contribution >= 0.6 is 0 Å². The first-order valence-electron chi connectivity index (χ1n) is 8.35. The molecule has 4 nitrogen and oxygen atoms in total. The van der Waals surface area contributed by atoms with Crippen LogP contribution in [-0.2, 0) is 11.2 Å². The lowest BCUT2D eigenvalue weighted by molar-refractivity contribution is 0.0346. The summed E-state index contributed by atoms with van der Waals surface area (Å²) in [6.45, 7) is 5.80. The first-order valence-corrected chi connectivity index (χ1v) is 8.35. The molecule has 0 radical (unpaired) electrons. The monoisotopic (exact) mass is 327 g/mol. The summed E-state index contributed by atoms with van der Waals surface area (Å²) in [7, 11) is 0. The summed E-state index contributed by atoms with van der Waals surface area (Å²) in [4.78, 5) is 12.6. The lowest BCUT2D eigenvalue weighted by Gasteiger charge is -2.16. The average Bonchev–Trinajstić information content (AvgIpc) is 2.51. The highest BCUT2D eigenvalue weighted by Crippen LogP contribution is 2.21. The molecule has 0 saturated carbocycles. The van der Waals surface area contributed by atoms with Crippen molar-refractivity contribution in [2.45, 2.75) is 52.6 Å². The normalized spacial score (nSPS) is 23.9.